The monoisotopic (exact) mass is 224 g/mol. The van der Waals surface area contributed by atoms with Crippen molar-refractivity contribution in [1.82, 2.24) is 10.2 Å². The zero-order chi connectivity index (χ0) is 10.7. The molecule has 0 saturated heterocycles. The van der Waals surface area contributed by atoms with Crippen molar-refractivity contribution in [2.45, 2.75) is 12.1 Å². The molecule has 0 atom stereocenters. The lowest BCUT2D eigenvalue weighted by Crippen LogP contribution is -1.78. The van der Waals surface area contributed by atoms with E-state index in [1.165, 1.54) is 23.9 Å². The van der Waals surface area contributed by atoms with E-state index in [4.69, 9.17) is 4.42 Å². The van der Waals surface area contributed by atoms with Gasteiger partial charge < -0.3 is 4.42 Å². The second kappa shape index (κ2) is 4.44. The summed E-state index contributed by atoms with van der Waals surface area (Å²) in [6, 6.07) is 5.96. The molecule has 0 aliphatic heterocycles. The van der Waals surface area contributed by atoms with Gasteiger partial charge in [-0.3, -0.25) is 0 Å². The first kappa shape index (κ1) is 10.2. The fourth-order valence-electron chi connectivity index (χ4n) is 1.10. The third-order valence-electron chi connectivity index (χ3n) is 1.77. The summed E-state index contributed by atoms with van der Waals surface area (Å²) in [6.07, 6.45) is 0. The zero-order valence-corrected chi connectivity index (χ0v) is 8.92. The van der Waals surface area contributed by atoms with E-state index in [0.29, 0.717) is 11.1 Å². The summed E-state index contributed by atoms with van der Waals surface area (Å²) >= 11 is 1.48. The Morgan fingerprint density at radius 3 is 2.67 bits per heavy atom. The lowest BCUT2D eigenvalue weighted by molar-refractivity contribution is 0.466. The van der Waals surface area contributed by atoms with Crippen LogP contribution in [0.1, 0.15) is 6.92 Å². The number of hydrogen-bond acceptors (Lipinski definition) is 4. The Bertz CT molecular complexity index is 441. The van der Waals surface area contributed by atoms with E-state index in [2.05, 4.69) is 10.2 Å². The van der Waals surface area contributed by atoms with Gasteiger partial charge >= 0.3 is 0 Å². The van der Waals surface area contributed by atoms with E-state index >= 15 is 0 Å². The van der Waals surface area contributed by atoms with Crippen LogP contribution in [0.2, 0.25) is 0 Å². The third-order valence-corrected chi connectivity index (χ3v) is 2.47. The number of rotatable bonds is 3. The molecule has 0 amide bonds. The van der Waals surface area contributed by atoms with Crippen molar-refractivity contribution in [2.75, 3.05) is 5.75 Å². The average Bonchev–Trinajstić information content (AvgIpc) is 2.68. The summed E-state index contributed by atoms with van der Waals surface area (Å²) in [5, 5.41) is 8.27. The number of hydrogen-bond donors (Lipinski definition) is 0. The molecule has 15 heavy (non-hydrogen) atoms. The Hall–Kier alpha value is -1.36. The molecule has 3 nitrogen and oxygen atoms in total. The largest absolute Gasteiger partial charge is 0.411 e. The molecule has 5 heteroatoms. The highest BCUT2D eigenvalue weighted by Gasteiger charge is 2.07. The minimum absolute atomic E-state index is 0.276. The highest BCUT2D eigenvalue weighted by Crippen LogP contribution is 2.22. The van der Waals surface area contributed by atoms with Gasteiger partial charge in [-0.1, -0.05) is 18.7 Å². The maximum absolute atomic E-state index is 12.7. The molecule has 1 aromatic carbocycles. The van der Waals surface area contributed by atoms with Crippen molar-refractivity contribution in [1.29, 1.82) is 0 Å². The Morgan fingerprint density at radius 1 is 1.27 bits per heavy atom. The van der Waals surface area contributed by atoms with Crippen LogP contribution in [0.5, 0.6) is 0 Å². The summed E-state index contributed by atoms with van der Waals surface area (Å²) in [5.74, 6) is 1.03. The van der Waals surface area contributed by atoms with Crippen molar-refractivity contribution in [2.24, 2.45) is 0 Å². The Balaban J connectivity index is 2.25. The van der Waals surface area contributed by atoms with Crippen LogP contribution in [0, 0.1) is 5.82 Å². The van der Waals surface area contributed by atoms with Gasteiger partial charge in [0, 0.05) is 5.56 Å². The number of benzene rings is 1. The smallest absolute Gasteiger partial charge is 0.276 e. The van der Waals surface area contributed by atoms with Crippen molar-refractivity contribution in [3.05, 3.63) is 30.1 Å². The molecule has 2 rings (SSSR count). The van der Waals surface area contributed by atoms with Crippen molar-refractivity contribution in [3.8, 4) is 11.5 Å². The average molecular weight is 224 g/mol. The fraction of sp³-hybridized carbons (Fsp3) is 0.200. The first-order valence-corrected chi connectivity index (χ1v) is 5.50. The molecule has 0 aliphatic carbocycles. The second-order valence-electron chi connectivity index (χ2n) is 2.81. The molecule has 0 radical (unpaired) electrons. The molecular formula is C10H9FN2OS. The highest BCUT2D eigenvalue weighted by atomic mass is 32.2. The third kappa shape index (κ3) is 2.36. The van der Waals surface area contributed by atoms with E-state index < -0.39 is 0 Å². The van der Waals surface area contributed by atoms with Crippen LogP contribution >= 0.6 is 11.8 Å². The van der Waals surface area contributed by atoms with Crippen molar-refractivity contribution >= 4 is 11.8 Å². The molecule has 0 fully saturated rings. The molecule has 1 aromatic heterocycles. The molecular weight excluding hydrogens is 215 g/mol. The molecule has 78 valence electrons. The van der Waals surface area contributed by atoms with Gasteiger partial charge in [-0.25, -0.2) is 4.39 Å². The summed E-state index contributed by atoms with van der Waals surface area (Å²) in [7, 11) is 0. The molecule has 1 heterocycles. The van der Waals surface area contributed by atoms with Crippen LogP contribution in [-0.2, 0) is 0 Å². The molecule has 0 unspecified atom stereocenters. The SMILES string of the molecule is CCSc1nnc(-c2ccc(F)cc2)o1. The fourth-order valence-corrected chi connectivity index (χ4v) is 1.58. The summed E-state index contributed by atoms with van der Waals surface area (Å²) < 4.78 is 18.0. The lowest BCUT2D eigenvalue weighted by Gasteiger charge is -1.93. The van der Waals surface area contributed by atoms with E-state index in [1.807, 2.05) is 6.92 Å². The predicted octanol–water partition coefficient (Wildman–Crippen LogP) is 2.99. The van der Waals surface area contributed by atoms with Crippen molar-refractivity contribution in [3.63, 3.8) is 0 Å². The second-order valence-corrected chi connectivity index (χ2v) is 4.03. The van der Waals surface area contributed by atoms with Crippen LogP contribution in [0.25, 0.3) is 11.5 Å². The quantitative estimate of drug-likeness (QED) is 0.751. The van der Waals surface area contributed by atoms with Gasteiger partial charge in [0.15, 0.2) is 0 Å². The molecule has 0 aliphatic rings. The van der Waals surface area contributed by atoms with Crippen LogP contribution in [0.15, 0.2) is 33.9 Å². The molecule has 0 saturated carbocycles. The van der Waals surface area contributed by atoms with Crippen LogP contribution in [0.3, 0.4) is 0 Å². The Labute approximate surface area is 90.7 Å². The minimum Gasteiger partial charge on any atom is -0.411 e. The van der Waals surface area contributed by atoms with E-state index in [0.717, 1.165) is 11.3 Å². The van der Waals surface area contributed by atoms with Gasteiger partial charge in [0.25, 0.3) is 5.22 Å². The van der Waals surface area contributed by atoms with E-state index in [9.17, 15) is 4.39 Å². The summed E-state index contributed by atoms with van der Waals surface area (Å²) in [4.78, 5) is 0. The highest BCUT2D eigenvalue weighted by molar-refractivity contribution is 7.99. The zero-order valence-electron chi connectivity index (χ0n) is 8.11. The number of thioether (sulfide) groups is 1. The maximum Gasteiger partial charge on any atom is 0.276 e. The van der Waals surface area contributed by atoms with E-state index in [-0.39, 0.29) is 5.82 Å². The first-order valence-electron chi connectivity index (χ1n) is 4.52. The van der Waals surface area contributed by atoms with E-state index in [1.54, 1.807) is 12.1 Å². The number of halogens is 1. The Kier molecular flexibility index (Phi) is 3.01. The van der Waals surface area contributed by atoms with Crippen LogP contribution < -0.4 is 0 Å². The topological polar surface area (TPSA) is 38.9 Å². The van der Waals surface area contributed by atoms with Crippen molar-refractivity contribution < 1.29 is 8.81 Å². The summed E-state index contributed by atoms with van der Waals surface area (Å²) in [6.45, 7) is 2.01. The van der Waals surface area contributed by atoms with Gasteiger partial charge in [0.05, 0.1) is 0 Å². The Morgan fingerprint density at radius 2 is 2.00 bits per heavy atom. The standard InChI is InChI=1S/C10H9FN2OS/c1-2-15-10-13-12-9(14-10)7-3-5-8(11)6-4-7/h3-6H,2H2,1H3. The summed E-state index contributed by atoms with van der Waals surface area (Å²) in [5.41, 5.74) is 0.729. The van der Waals surface area contributed by atoms with Gasteiger partial charge in [-0.2, -0.15) is 0 Å². The van der Waals surface area contributed by atoms with Gasteiger partial charge in [0.1, 0.15) is 5.82 Å². The number of aromatic nitrogens is 2. The first-order chi connectivity index (χ1) is 7.29. The molecule has 0 N–H and O–H groups in total. The predicted molar refractivity (Wildman–Crippen MR) is 56.1 cm³/mol. The lowest BCUT2D eigenvalue weighted by atomic mass is 10.2. The normalized spacial score (nSPS) is 10.5. The van der Waals surface area contributed by atoms with Gasteiger partial charge in [-0.15, -0.1) is 10.2 Å². The van der Waals surface area contributed by atoms with Crippen LogP contribution in [-0.4, -0.2) is 16.0 Å². The minimum atomic E-state index is -0.276. The molecule has 0 bridgehead atoms. The maximum atomic E-state index is 12.7. The number of nitrogens with zero attached hydrogens (tertiary/aromatic N) is 2. The van der Waals surface area contributed by atoms with Gasteiger partial charge in [0.2, 0.25) is 5.89 Å². The van der Waals surface area contributed by atoms with Gasteiger partial charge in [-0.05, 0) is 30.0 Å². The molecule has 0 spiro atoms. The van der Waals surface area contributed by atoms with Crippen LogP contribution in [0.4, 0.5) is 4.39 Å². The molecule has 2 aromatic rings.